The van der Waals surface area contributed by atoms with Gasteiger partial charge in [-0.05, 0) is 53.5 Å². The van der Waals surface area contributed by atoms with Gasteiger partial charge < -0.3 is 14.6 Å². The molecule has 0 spiro atoms. The van der Waals surface area contributed by atoms with Crippen molar-refractivity contribution in [2.75, 3.05) is 7.11 Å². The van der Waals surface area contributed by atoms with Crippen LogP contribution in [0.4, 0.5) is 0 Å². The monoisotopic (exact) mass is 445 g/mol. The number of nitrogens with zero attached hydrogens (tertiary/aromatic N) is 1. The Morgan fingerprint density at radius 1 is 1.00 bits per heavy atom. The first-order valence-corrected chi connectivity index (χ1v) is 11.1. The number of rotatable bonds is 9. The van der Waals surface area contributed by atoms with Gasteiger partial charge in [-0.1, -0.05) is 48.5 Å². The summed E-state index contributed by atoms with van der Waals surface area (Å²) >= 11 is 1.57. The number of hydrogen-bond acceptors (Lipinski definition) is 5. The summed E-state index contributed by atoms with van der Waals surface area (Å²) in [4.78, 5) is 15.9. The van der Waals surface area contributed by atoms with Gasteiger partial charge in [0, 0.05) is 6.42 Å². The topological polar surface area (TPSA) is 68.7 Å². The number of aliphatic carboxylic acids is 1. The van der Waals surface area contributed by atoms with E-state index in [1.54, 1.807) is 18.4 Å². The van der Waals surface area contributed by atoms with E-state index in [9.17, 15) is 9.90 Å². The minimum atomic E-state index is -0.834. The van der Waals surface area contributed by atoms with E-state index in [4.69, 9.17) is 14.5 Å². The van der Waals surface area contributed by atoms with Gasteiger partial charge in [-0.2, -0.15) is 0 Å². The first-order valence-electron chi connectivity index (χ1n) is 10.3. The van der Waals surface area contributed by atoms with E-state index < -0.39 is 5.97 Å². The number of hydrogen-bond donors (Lipinski definition) is 1. The molecule has 0 aliphatic carbocycles. The van der Waals surface area contributed by atoms with Gasteiger partial charge in [-0.25, -0.2) is 4.98 Å². The summed E-state index contributed by atoms with van der Waals surface area (Å²) in [7, 11) is 1.61. The maximum Gasteiger partial charge on any atom is 0.303 e. The Hall–Kier alpha value is -3.64. The van der Waals surface area contributed by atoms with Crippen molar-refractivity contribution in [3.63, 3.8) is 0 Å². The Bertz CT molecular complexity index is 1210. The van der Waals surface area contributed by atoms with E-state index in [-0.39, 0.29) is 6.42 Å². The Labute approximate surface area is 190 Å². The predicted octanol–water partition coefficient (Wildman–Crippen LogP) is 6.29. The quantitative estimate of drug-likeness (QED) is 0.328. The molecule has 0 radical (unpaired) electrons. The lowest BCUT2D eigenvalue weighted by Gasteiger charge is -2.12. The smallest absolute Gasteiger partial charge is 0.303 e. The molecular weight excluding hydrogens is 422 g/mol. The van der Waals surface area contributed by atoms with Crippen LogP contribution in [0.5, 0.6) is 11.5 Å². The third kappa shape index (κ3) is 5.34. The molecule has 0 aliphatic rings. The molecule has 4 rings (SSSR count). The zero-order valence-corrected chi connectivity index (χ0v) is 18.5. The number of methoxy groups -OCH3 is 1. The predicted molar refractivity (Wildman–Crippen MR) is 128 cm³/mol. The van der Waals surface area contributed by atoms with E-state index in [0.717, 1.165) is 31.9 Å². The van der Waals surface area contributed by atoms with Crippen LogP contribution in [-0.4, -0.2) is 23.2 Å². The fourth-order valence-corrected chi connectivity index (χ4v) is 4.33. The highest BCUT2D eigenvalue weighted by molar-refractivity contribution is 7.19. The fraction of sp³-hybridized carbons (Fsp3) is 0.154. The molecule has 0 saturated carbocycles. The summed E-state index contributed by atoms with van der Waals surface area (Å²) in [6.07, 6.45) is 2.41. The number of carbonyl (C=O) groups is 1. The average molecular weight is 446 g/mol. The van der Waals surface area contributed by atoms with Crippen LogP contribution in [0.15, 0.2) is 72.8 Å². The van der Waals surface area contributed by atoms with Gasteiger partial charge in [0.1, 0.15) is 11.6 Å². The van der Waals surface area contributed by atoms with Crippen molar-refractivity contribution in [2.45, 2.75) is 19.4 Å². The summed E-state index contributed by atoms with van der Waals surface area (Å²) in [6, 6.07) is 23.6. The van der Waals surface area contributed by atoms with Gasteiger partial charge in [-0.3, -0.25) is 4.79 Å². The molecule has 1 heterocycles. The number of ether oxygens (including phenoxy) is 2. The molecule has 0 amide bonds. The highest BCUT2D eigenvalue weighted by atomic mass is 32.1. The third-order valence-corrected chi connectivity index (χ3v) is 6.05. The molecule has 4 aromatic rings. The van der Waals surface area contributed by atoms with Gasteiger partial charge in [0.05, 0.1) is 17.3 Å². The summed E-state index contributed by atoms with van der Waals surface area (Å²) in [6.45, 7) is 0.446. The van der Waals surface area contributed by atoms with E-state index in [2.05, 4.69) is 0 Å². The van der Waals surface area contributed by atoms with Gasteiger partial charge >= 0.3 is 5.97 Å². The van der Waals surface area contributed by atoms with Gasteiger partial charge in [0.15, 0.2) is 11.5 Å². The molecule has 0 bridgehead atoms. The van der Waals surface area contributed by atoms with Crippen molar-refractivity contribution < 1.29 is 19.4 Å². The highest BCUT2D eigenvalue weighted by Gasteiger charge is 2.12. The first-order chi connectivity index (χ1) is 15.6. The SMILES string of the molecule is COc1cc(C=C(CCC(=O)O)c2nc3ccccc3s2)ccc1OCc1ccccc1. The normalized spacial score (nSPS) is 11.5. The molecule has 0 saturated heterocycles. The molecule has 162 valence electrons. The summed E-state index contributed by atoms with van der Waals surface area (Å²) < 4.78 is 12.6. The summed E-state index contributed by atoms with van der Waals surface area (Å²) in [5.74, 6) is 0.441. The summed E-state index contributed by atoms with van der Waals surface area (Å²) in [5.41, 5.74) is 3.77. The number of benzene rings is 3. The van der Waals surface area contributed by atoms with Crippen LogP contribution >= 0.6 is 11.3 Å². The lowest BCUT2D eigenvalue weighted by Crippen LogP contribution is -1.98. The van der Waals surface area contributed by atoms with Crippen LogP contribution in [0, 0.1) is 0 Å². The number of allylic oxidation sites excluding steroid dienone is 1. The average Bonchev–Trinajstić information content (AvgIpc) is 3.25. The maximum absolute atomic E-state index is 11.2. The first kappa shape index (κ1) is 21.6. The molecule has 1 aromatic heterocycles. The molecule has 0 aliphatic heterocycles. The Morgan fingerprint density at radius 3 is 2.53 bits per heavy atom. The third-order valence-electron chi connectivity index (χ3n) is 4.94. The Morgan fingerprint density at radius 2 is 1.78 bits per heavy atom. The molecule has 6 heteroatoms. The van der Waals surface area contributed by atoms with Gasteiger partial charge in [0.2, 0.25) is 0 Å². The van der Waals surface area contributed by atoms with Crippen molar-refractivity contribution in [2.24, 2.45) is 0 Å². The second-order valence-electron chi connectivity index (χ2n) is 7.23. The number of fused-ring (bicyclic) bond motifs is 1. The second-order valence-corrected chi connectivity index (χ2v) is 8.27. The lowest BCUT2D eigenvalue weighted by molar-refractivity contribution is -0.136. The van der Waals surface area contributed by atoms with Crippen LogP contribution in [-0.2, 0) is 11.4 Å². The largest absolute Gasteiger partial charge is 0.493 e. The number of aromatic nitrogens is 1. The number of para-hydroxylation sites is 1. The Balaban J connectivity index is 1.62. The molecule has 0 fully saturated rings. The van der Waals surface area contributed by atoms with Gasteiger partial charge in [-0.15, -0.1) is 11.3 Å². The minimum absolute atomic E-state index is 0.0389. The summed E-state index contributed by atoms with van der Waals surface area (Å²) in [5, 5.41) is 10.0. The molecule has 3 aromatic carbocycles. The molecule has 1 N–H and O–H groups in total. The number of carboxylic acids is 1. The zero-order chi connectivity index (χ0) is 22.3. The number of carboxylic acid groups (broad SMARTS) is 1. The van der Waals surface area contributed by atoms with Crippen LogP contribution in [0.2, 0.25) is 0 Å². The van der Waals surface area contributed by atoms with E-state index in [1.807, 2.05) is 78.9 Å². The van der Waals surface area contributed by atoms with Crippen molar-refractivity contribution in [3.05, 3.63) is 88.9 Å². The van der Waals surface area contributed by atoms with E-state index >= 15 is 0 Å². The Kier molecular flexibility index (Phi) is 6.82. The second kappa shape index (κ2) is 10.1. The highest BCUT2D eigenvalue weighted by Crippen LogP contribution is 2.34. The standard InChI is InChI=1S/C26H23NO4S/c1-30-23-16-19(11-13-22(23)31-17-18-7-3-2-4-8-18)15-20(12-14-25(28)29)26-27-21-9-5-6-10-24(21)32-26/h2-11,13,15-16H,12,14,17H2,1H3,(H,28,29). The van der Waals surface area contributed by atoms with Crippen molar-refractivity contribution in [1.82, 2.24) is 4.98 Å². The van der Waals surface area contributed by atoms with Crippen LogP contribution in [0.25, 0.3) is 21.9 Å². The van der Waals surface area contributed by atoms with Crippen molar-refractivity contribution >= 4 is 39.2 Å². The van der Waals surface area contributed by atoms with E-state index in [1.165, 1.54) is 0 Å². The lowest BCUT2D eigenvalue weighted by atomic mass is 10.1. The molecule has 32 heavy (non-hydrogen) atoms. The molecule has 5 nitrogen and oxygen atoms in total. The van der Waals surface area contributed by atoms with Crippen LogP contribution in [0.3, 0.4) is 0 Å². The van der Waals surface area contributed by atoms with Crippen LogP contribution in [0.1, 0.15) is 29.0 Å². The molecule has 0 atom stereocenters. The molecular formula is C26H23NO4S. The fourth-order valence-electron chi connectivity index (χ4n) is 3.32. The van der Waals surface area contributed by atoms with Crippen molar-refractivity contribution in [1.29, 1.82) is 0 Å². The molecule has 0 unspecified atom stereocenters. The van der Waals surface area contributed by atoms with E-state index in [0.29, 0.717) is 24.5 Å². The zero-order valence-electron chi connectivity index (χ0n) is 17.7. The maximum atomic E-state index is 11.2. The minimum Gasteiger partial charge on any atom is -0.493 e. The van der Waals surface area contributed by atoms with Crippen LogP contribution < -0.4 is 9.47 Å². The van der Waals surface area contributed by atoms with Gasteiger partial charge in [0.25, 0.3) is 0 Å². The van der Waals surface area contributed by atoms with Crippen molar-refractivity contribution in [3.8, 4) is 11.5 Å². The number of thiazole rings is 1.